The number of ether oxygens (including phenoxy) is 1. The standard InChI is InChI=1S/C16H18FN3O2/c1-11(15-3-2-8-22-15)19-16(21)14-9-18-10-20(14)13-6-4-12(17)5-7-13/h4-7,9-11,15H,2-3,8H2,1H3,(H,19,21)/t11-,15+/m0/s1. The molecule has 0 radical (unpaired) electrons. The molecule has 6 heteroatoms. The molecule has 0 saturated carbocycles. The normalized spacial score (nSPS) is 19.1. The van der Waals surface area contributed by atoms with Crippen molar-refractivity contribution in [3.05, 3.63) is 48.3 Å². The number of carbonyl (C=O) groups is 1. The first kappa shape index (κ1) is 14.7. The molecule has 3 rings (SSSR count). The summed E-state index contributed by atoms with van der Waals surface area (Å²) in [5.41, 5.74) is 1.10. The number of benzene rings is 1. The molecule has 1 aliphatic rings. The molecule has 2 heterocycles. The van der Waals surface area contributed by atoms with Gasteiger partial charge in [0.15, 0.2) is 0 Å². The van der Waals surface area contributed by atoms with Crippen LogP contribution < -0.4 is 5.32 Å². The van der Waals surface area contributed by atoms with E-state index in [0.717, 1.165) is 19.4 Å². The fourth-order valence-electron chi connectivity index (χ4n) is 2.64. The Morgan fingerprint density at radius 2 is 2.23 bits per heavy atom. The van der Waals surface area contributed by atoms with Crippen LogP contribution in [0.4, 0.5) is 4.39 Å². The van der Waals surface area contributed by atoms with Crippen molar-refractivity contribution in [1.29, 1.82) is 0 Å². The molecule has 1 N–H and O–H groups in total. The minimum atomic E-state index is -0.318. The molecule has 116 valence electrons. The number of rotatable bonds is 4. The van der Waals surface area contributed by atoms with Crippen LogP contribution in [0.5, 0.6) is 0 Å². The Kier molecular flexibility index (Phi) is 4.20. The fraction of sp³-hybridized carbons (Fsp3) is 0.375. The largest absolute Gasteiger partial charge is 0.376 e. The third-order valence-corrected chi connectivity index (χ3v) is 3.86. The van der Waals surface area contributed by atoms with Crippen molar-refractivity contribution in [2.45, 2.75) is 31.9 Å². The van der Waals surface area contributed by atoms with Gasteiger partial charge in [0.25, 0.3) is 5.91 Å². The van der Waals surface area contributed by atoms with Gasteiger partial charge in [-0.2, -0.15) is 0 Å². The average molecular weight is 303 g/mol. The molecule has 22 heavy (non-hydrogen) atoms. The molecule has 2 aromatic rings. The third kappa shape index (κ3) is 3.01. The van der Waals surface area contributed by atoms with Gasteiger partial charge in [-0.25, -0.2) is 9.37 Å². The molecule has 0 aliphatic carbocycles. The number of amides is 1. The lowest BCUT2D eigenvalue weighted by atomic mass is 10.1. The molecule has 1 saturated heterocycles. The van der Waals surface area contributed by atoms with Crippen molar-refractivity contribution in [1.82, 2.24) is 14.9 Å². The second kappa shape index (κ2) is 6.27. The Labute approximate surface area is 128 Å². The van der Waals surface area contributed by atoms with Gasteiger partial charge < -0.3 is 10.1 Å². The van der Waals surface area contributed by atoms with E-state index in [-0.39, 0.29) is 23.9 Å². The number of imidazole rings is 1. The van der Waals surface area contributed by atoms with Gasteiger partial charge in [0, 0.05) is 12.3 Å². The smallest absolute Gasteiger partial charge is 0.270 e. The van der Waals surface area contributed by atoms with Crippen LogP contribution in [0.15, 0.2) is 36.8 Å². The number of hydrogen-bond acceptors (Lipinski definition) is 3. The molecule has 1 fully saturated rings. The quantitative estimate of drug-likeness (QED) is 0.943. The molecule has 2 atom stereocenters. The van der Waals surface area contributed by atoms with E-state index in [9.17, 15) is 9.18 Å². The van der Waals surface area contributed by atoms with Crippen LogP contribution in [0, 0.1) is 5.82 Å². The van der Waals surface area contributed by atoms with Gasteiger partial charge in [0.1, 0.15) is 11.5 Å². The van der Waals surface area contributed by atoms with E-state index in [1.807, 2.05) is 6.92 Å². The second-order valence-corrected chi connectivity index (χ2v) is 5.44. The van der Waals surface area contributed by atoms with Crippen molar-refractivity contribution in [2.75, 3.05) is 6.61 Å². The Bertz CT molecular complexity index is 648. The Morgan fingerprint density at radius 3 is 2.91 bits per heavy atom. The Balaban J connectivity index is 1.76. The molecule has 0 unspecified atom stereocenters. The summed E-state index contributed by atoms with van der Waals surface area (Å²) in [5.74, 6) is -0.535. The van der Waals surface area contributed by atoms with Crippen molar-refractivity contribution < 1.29 is 13.9 Å². The van der Waals surface area contributed by atoms with E-state index in [4.69, 9.17) is 4.74 Å². The molecule has 0 bridgehead atoms. The summed E-state index contributed by atoms with van der Waals surface area (Å²) in [6.45, 7) is 2.69. The topological polar surface area (TPSA) is 56.2 Å². The Hall–Kier alpha value is -2.21. The highest BCUT2D eigenvalue weighted by Crippen LogP contribution is 2.17. The van der Waals surface area contributed by atoms with Crippen LogP contribution in [0.2, 0.25) is 0 Å². The van der Waals surface area contributed by atoms with E-state index >= 15 is 0 Å². The molecule has 1 aromatic heterocycles. The molecule has 5 nitrogen and oxygen atoms in total. The van der Waals surface area contributed by atoms with Crippen LogP contribution in [0.1, 0.15) is 30.3 Å². The summed E-state index contributed by atoms with van der Waals surface area (Å²) < 4.78 is 20.2. The summed E-state index contributed by atoms with van der Waals surface area (Å²) in [6, 6.07) is 5.86. The highest BCUT2D eigenvalue weighted by molar-refractivity contribution is 5.93. The van der Waals surface area contributed by atoms with Crippen molar-refractivity contribution in [2.24, 2.45) is 0 Å². The number of hydrogen-bond donors (Lipinski definition) is 1. The highest BCUT2D eigenvalue weighted by atomic mass is 19.1. The summed E-state index contributed by atoms with van der Waals surface area (Å²) in [6.07, 6.45) is 5.09. The number of nitrogens with zero attached hydrogens (tertiary/aromatic N) is 2. The molecular weight excluding hydrogens is 285 g/mol. The predicted molar refractivity (Wildman–Crippen MR) is 79.4 cm³/mol. The van der Waals surface area contributed by atoms with Gasteiger partial charge in [-0.15, -0.1) is 0 Å². The summed E-state index contributed by atoms with van der Waals surface area (Å²) in [4.78, 5) is 16.5. The molecule has 1 aromatic carbocycles. The number of halogens is 1. The van der Waals surface area contributed by atoms with Crippen LogP contribution in [0.3, 0.4) is 0 Å². The zero-order chi connectivity index (χ0) is 15.5. The van der Waals surface area contributed by atoms with E-state index in [1.165, 1.54) is 18.3 Å². The Morgan fingerprint density at radius 1 is 1.45 bits per heavy atom. The third-order valence-electron chi connectivity index (χ3n) is 3.86. The van der Waals surface area contributed by atoms with E-state index in [2.05, 4.69) is 10.3 Å². The highest BCUT2D eigenvalue weighted by Gasteiger charge is 2.25. The maximum Gasteiger partial charge on any atom is 0.270 e. The summed E-state index contributed by atoms with van der Waals surface area (Å²) in [7, 11) is 0. The van der Waals surface area contributed by atoms with Crippen LogP contribution in [0.25, 0.3) is 5.69 Å². The van der Waals surface area contributed by atoms with Gasteiger partial charge in [-0.3, -0.25) is 9.36 Å². The maximum absolute atomic E-state index is 13.0. The van der Waals surface area contributed by atoms with Gasteiger partial charge in [-0.05, 0) is 44.0 Å². The second-order valence-electron chi connectivity index (χ2n) is 5.44. The van der Waals surface area contributed by atoms with Crippen molar-refractivity contribution >= 4 is 5.91 Å². The fourth-order valence-corrected chi connectivity index (χ4v) is 2.64. The number of carbonyl (C=O) groups excluding carboxylic acids is 1. The number of aromatic nitrogens is 2. The van der Waals surface area contributed by atoms with Crippen LogP contribution in [-0.2, 0) is 4.74 Å². The van der Waals surface area contributed by atoms with Crippen molar-refractivity contribution in [3.63, 3.8) is 0 Å². The first-order valence-electron chi connectivity index (χ1n) is 7.36. The lowest BCUT2D eigenvalue weighted by Crippen LogP contribution is -2.41. The van der Waals surface area contributed by atoms with Gasteiger partial charge in [-0.1, -0.05) is 0 Å². The van der Waals surface area contributed by atoms with E-state index < -0.39 is 0 Å². The monoisotopic (exact) mass is 303 g/mol. The maximum atomic E-state index is 13.0. The summed E-state index contributed by atoms with van der Waals surface area (Å²) in [5, 5.41) is 2.95. The number of nitrogens with one attached hydrogen (secondary N) is 1. The van der Waals surface area contributed by atoms with E-state index in [0.29, 0.717) is 11.4 Å². The lowest BCUT2D eigenvalue weighted by Gasteiger charge is -2.20. The zero-order valence-corrected chi connectivity index (χ0v) is 12.3. The van der Waals surface area contributed by atoms with Gasteiger partial charge >= 0.3 is 0 Å². The van der Waals surface area contributed by atoms with Gasteiger partial charge in [0.05, 0.1) is 24.7 Å². The minimum Gasteiger partial charge on any atom is -0.376 e. The first-order valence-corrected chi connectivity index (χ1v) is 7.36. The van der Waals surface area contributed by atoms with Gasteiger partial charge in [0.2, 0.25) is 0 Å². The molecule has 1 amide bonds. The minimum absolute atomic E-state index is 0.0612. The average Bonchev–Trinajstić information content (AvgIpc) is 3.19. The zero-order valence-electron chi connectivity index (χ0n) is 12.3. The molecule has 1 aliphatic heterocycles. The van der Waals surface area contributed by atoms with E-state index in [1.54, 1.807) is 23.0 Å². The summed E-state index contributed by atoms with van der Waals surface area (Å²) >= 11 is 0. The first-order chi connectivity index (χ1) is 10.6. The SMILES string of the molecule is C[C@H](NC(=O)c1cncn1-c1ccc(F)cc1)[C@H]1CCCO1. The predicted octanol–water partition coefficient (Wildman–Crippen LogP) is 2.31. The van der Waals surface area contributed by atoms with Crippen molar-refractivity contribution in [3.8, 4) is 5.69 Å². The van der Waals surface area contributed by atoms with Crippen LogP contribution >= 0.6 is 0 Å². The molecule has 0 spiro atoms. The molecular formula is C16H18FN3O2. The van der Waals surface area contributed by atoms with Crippen LogP contribution in [-0.4, -0.2) is 34.2 Å². The lowest BCUT2D eigenvalue weighted by molar-refractivity contribution is 0.0708.